The lowest BCUT2D eigenvalue weighted by molar-refractivity contribution is 0.0502. The predicted octanol–water partition coefficient (Wildman–Crippen LogP) is 2.11. The van der Waals surface area contributed by atoms with Crippen LogP contribution in [-0.4, -0.2) is 34.2 Å². The molecule has 0 saturated heterocycles. The van der Waals surface area contributed by atoms with Gasteiger partial charge in [0.05, 0.1) is 12.0 Å². The predicted molar refractivity (Wildman–Crippen MR) is 78.5 cm³/mol. The molecule has 1 aromatic heterocycles. The average Bonchev–Trinajstić information content (AvgIpc) is 2.71. The van der Waals surface area contributed by atoms with E-state index in [1.165, 1.54) is 0 Å². The number of alkyl carbamates (subject to hydrolysis) is 1. The zero-order valence-electron chi connectivity index (χ0n) is 13.0. The third-order valence-electron chi connectivity index (χ3n) is 2.83. The second-order valence-corrected chi connectivity index (χ2v) is 5.86. The third-order valence-corrected chi connectivity index (χ3v) is 2.83. The Labute approximate surface area is 120 Å². The van der Waals surface area contributed by atoms with E-state index in [0.717, 1.165) is 17.8 Å². The molecule has 3 N–H and O–H groups in total. The summed E-state index contributed by atoms with van der Waals surface area (Å²) in [6, 6.07) is 0.0455. The molecule has 0 spiro atoms. The maximum absolute atomic E-state index is 11.7. The van der Waals surface area contributed by atoms with E-state index in [4.69, 9.17) is 4.74 Å². The van der Waals surface area contributed by atoms with Crippen molar-refractivity contribution in [3.63, 3.8) is 0 Å². The highest BCUT2D eigenvalue weighted by molar-refractivity contribution is 5.68. The van der Waals surface area contributed by atoms with Crippen molar-refractivity contribution >= 4 is 6.09 Å². The Bertz CT molecular complexity index is 423. The van der Waals surface area contributed by atoms with Crippen LogP contribution < -0.4 is 10.6 Å². The van der Waals surface area contributed by atoms with Crippen molar-refractivity contribution in [1.82, 2.24) is 20.6 Å². The van der Waals surface area contributed by atoms with Crippen LogP contribution >= 0.6 is 0 Å². The third kappa shape index (κ3) is 6.06. The highest BCUT2D eigenvalue weighted by Crippen LogP contribution is 2.07. The summed E-state index contributed by atoms with van der Waals surface area (Å²) in [5.74, 6) is 0. The van der Waals surface area contributed by atoms with Gasteiger partial charge in [-0.3, -0.25) is 0 Å². The van der Waals surface area contributed by atoms with Crippen LogP contribution in [0.3, 0.4) is 0 Å². The van der Waals surface area contributed by atoms with Crippen molar-refractivity contribution in [3.05, 3.63) is 17.7 Å². The molecule has 0 aliphatic carbocycles. The molecule has 1 aromatic rings. The minimum Gasteiger partial charge on any atom is -0.444 e. The molecule has 6 heteroatoms. The van der Waals surface area contributed by atoms with E-state index >= 15 is 0 Å². The van der Waals surface area contributed by atoms with Gasteiger partial charge in [-0.2, -0.15) is 0 Å². The summed E-state index contributed by atoms with van der Waals surface area (Å²) in [6.07, 6.45) is 2.15. The Balaban J connectivity index is 2.32. The van der Waals surface area contributed by atoms with Gasteiger partial charge in [-0.1, -0.05) is 6.92 Å². The molecule has 0 aliphatic heterocycles. The molecule has 0 radical (unpaired) electrons. The Hall–Kier alpha value is -1.56. The topological polar surface area (TPSA) is 79.0 Å². The molecule has 0 bridgehead atoms. The van der Waals surface area contributed by atoms with Crippen LogP contribution in [0.15, 0.2) is 6.33 Å². The van der Waals surface area contributed by atoms with E-state index in [-0.39, 0.29) is 12.1 Å². The number of carbonyl (C=O) groups is 1. The molecule has 20 heavy (non-hydrogen) atoms. The van der Waals surface area contributed by atoms with E-state index in [2.05, 4.69) is 20.6 Å². The van der Waals surface area contributed by atoms with Gasteiger partial charge in [-0.05, 0) is 34.1 Å². The van der Waals surface area contributed by atoms with Gasteiger partial charge in [0, 0.05) is 24.8 Å². The number of carbonyl (C=O) groups excluding carboxylic acids is 1. The fourth-order valence-electron chi connectivity index (χ4n) is 1.70. The Kier molecular flexibility index (Phi) is 6.01. The number of hydrogen-bond donors (Lipinski definition) is 3. The van der Waals surface area contributed by atoms with E-state index in [0.29, 0.717) is 13.1 Å². The van der Waals surface area contributed by atoms with Gasteiger partial charge in [-0.25, -0.2) is 9.78 Å². The fraction of sp³-hybridized carbons (Fsp3) is 0.714. The van der Waals surface area contributed by atoms with Crippen LogP contribution in [0.5, 0.6) is 0 Å². The first-order valence-corrected chi connectivity index (χ1v) is 7.01. The SMILES string of the molecule is CCC(CNCc1nc[nH]c1C)NC(=O)OC(C)(C)C. The summed E-state index contributed by atoms with van der Waals surface area (Å²) in [5, 5.41) is 6.16. The van der Waals surface area contributed by atoms with Crippen molar-refractivity contribution in [2.75, 3.05) is 6.54 Å². The first-order valence-electron chi connectivity index (χ1n) is 7.01. The van der Waals surface area contributed by atoms with Crippen molar-refractivity contribution in [2.45, 2.75) is 59.2 Å². The minimum atomic E-state index is -0.470. The maximum atomic E-state index is 11.7. The smallest absolute Gasteiger partial charge is 0.407 e. The molecule has 0 aliphatic rings. The summed E-state index contributed by atoms with van der Waals surface area (Å²) in [7, 11) is 0. The number of nitrogens with zero attached hydrogens (tertiary/aromatic N) is 1. The normalized spacial score (nSPS) is 13.1. The lowest BCUT2D eigenvalue weighted by Crippen LogP contribution is -2.43. The van der Waals surface area contributed by atoms with Crippen molar-refractivity contribution < 1.29 is 9.53 Å². The van der Waals surface area contributed by atoms with Crippen LogP contribution in [0.2, 0.25) is 0 Å². The molecule has 1 unspecified atom stereocenters. The van der Waals surface area contributed by atoms with Crippen molar-refractivity contribution in [1.29, 1.82) is 0 Å². The average molecular weight is 282 g/mol. The lowest BCUT2D eigenvalue weighted by Gasteiger charge is -2.23. The number of H-pyrrole nitrogens is 1. The molecule has 1 heterocycles. The van der Waals surface area contributed by atoms with Crippen molar-refractivity contribution in [2.24, 2.45) is 0 Å². The number of amides is 1. The van der Waals surface area contributed by atoms with Crippen LogP contribution in [-0.2, 0) is 11.3 Å². The standard InChI is InChI=1S/C14H26N4O2/c1-6-11(18-13(19)20-14(3,4)5)7-15-8-12-10(2)16-9-17-12/h9,11,15H,6-8H2,1-5H3,(H,16,17)(H,18,19). The number of aromatic nitrogens is 2. The lowest BCUT2D eigenvalue weighted by atomic mass is 10.2. The number of ether oxygens (including phenoxy) is 1. The van der Waals surface area contributed by atoms with E-state index in [9.17, 15) is 4.79 Å². The van der Waals surface area contributed by atoms with Crippen LogP contribution in [0.4, 0.5) is 4.79 Å². The zero-order chi connectivity index (χ0) is 15.2. The summed E-state index contributed by atoms with van der Waals surface area (Å²) < 4.78 is 5.25. The maximum Gasteiger partial charge on any atom is 0.407 e. The van der Waals surface area contributed by atoms with Crippen LogP contribution in [0.25, 0.3) is 0 Å². The Morgan fingerprint density at radius 3 is 2.70 bits per heavy atom. The van der Waals surface area contributed by atoms with E-state index in [1.807, 2.05) is 34.6 Å². The largest absolute Gasteiger partial charge is 0.444 e. The van der Waals surface area contributed by atoms with Crippen LogP contribution in [0.1, 0.15) is 45.5 Å². The first-order chi connectivity index (χ1) is 9.31. The summed E-state index contributed by atoms with van der Waals surface area (Å²) >= 11 is 0. The highest BCUT2D eigenvalue weighted by Gasteiger charge is 2.18. The quantitative estimate of drug-likeness (QED) is 0.746. The van der Waals surface area contributed by atoms with Gasteiger partial charge < -0.3 is 20.4 Å². The zero-order valence-corrected chi connectivity index (χ0v) is 13.0. The highest BCUT2D eigenvalue weighted by atomic mass is 16.6. The first kappa shape index (κ1) is 16.5. The molecule has 0 fully saturated rings. The van der Waals surface area contributed by atoms with E-state index in [1.54, 1.807) is 6.33 Å². The number of rotatable bonds is 6. The number of nitrogens with one attached hydrogen (secondary N) is 3. The number of imidazole rings is 1. The van der Waals surface area contributed by atoms with Gasteiger partial charge >= 0.3 is 6.09 Å². The Morgan fingerprint density at radius 1 is 1.50 bits per heavy atom. The van der Waals surface area contributed by atoms with Gasteiger partial charge in [-0.15, -0.1) is 0 Å². The van der Waals surface area contributed by atoms with E-state index < -0.39 is 5.60 Å². The summed E-state index contributed by atoms with van der Waals surface area (Å²) in [6.45, 7) is 10.9. The molecule has 6 nitrogen and oxygen atoms in total. The monoisotopic (exact) mass is 282 g/mol. The summed E-state index contributed by atoms with van der Waals surface area (Å²) in [4.78, 5) is 19.0. The van der Waals surface area contributed by atoms with Crippen LogP contribution in [0, 0.1) is 6.92 Å². The molecule has 1 amide bonds. The second kappa shape index (κ2) is 7.28. The minimum absolute atomic E-state index is 0.0455. The summed E-state index contributed by atoms with van der Waals surface area (Å²) in [5.41, 5.74) is 1.59. The fourth-order valence-corrected chi connectivity index (χ4v) is 1.70. The van der Waals surface area contributed by atoms with Gasteiger partial charge in [0.2, 0.25) is 0 Å². The molecular formula is C14H26N4O2. The molecule has 0 saturated carbocycles. The van der Waals surface area contributed by atoms with Crippen molar-refractivity contribution in [3.8, 4) is 0 Å². The molecule has 1 atom stereocenters. The molecular weight excluding hydrogens is 256 g/mol. The molecule has 1 rings (SSSR count). The van der Waals surface area contributed by atoms with Gasteiger partial charge in [0.15, 0.2) is 0 Å². The Morgan fingerprint density at radius 2 is 2.20 bits per heavy atom. The number of hydrogen-bond acceptors (Lipinski definition) is 4. The second-order valence-electron chi connectivity index (χ2n) is 5.86. The number of aromatic amines is 1. The molecule has 0 aromatic carbocycles. The number of aryl methyl sites for hydroxylation is 1. The molecule has 114 valence electrons. The van der Waals surface area contributed by atoms with Gasteiger partial charge in [0.25, 0.3) is 0 Å². The van der Waals surface area contributed by atoms with Gasteiger partial charge in [0.1, 0.15) is 5.60 Å².